The molecule has 0 saturated carbocycles. The largest absolute Gasteiger partial charge is 0.359 e. The van der Waals surface area contributed by atoms with Gasteiger partial charge in [0, 0.05) is 12.4 Å². The van der Waals surface area contributed by atoms with Crippen molar-refractivity contribution in [1.82, 2.24) is 4.98 Å². The van der Waals surface area contributed by atoms with E-state index in [1.807, 2.05) is 0 Å². The zero-order valence-corrected chi connectivity index (χ0v) is 9.16. The van der Waals surface area contributed by atoms with Gasteiger partial charge in [0.15, 0.2) is 0 Å². The van der Waals surface area contributed by atoms with Gasteiger partial charge in [-0.1, -0.05) is 34.8 Å². The Morgan fingerprint density at radius 2 is 2.14 bits per heavy atom. The summed E-state index contributed by atoms with van der Waals surface area (Å²) in [5, 5.41) is 1.68. The van der Waals surface area contributed by atoms with E-state index < -0.39 is 0 Å². The Bertz CT molecular complexity index is 454. The van der Waals surface area contributed by atoms with Gasteiger partial charge in [-0.05, 0) is 12.1 Å². The fraction of sp³-hybridized carbons (Fsp3) is 0. The highest BCUT2D eigenvalue weighted by atomic mass is 35.5. The topological polar surface area (TPSA) is 28.1 Å². The number of hydrogen-bond acceptors (Lipinski definition) is 1. The first-order valence-electron chi connectivity index (χ1n) is 3.82. The number of hydrogen-bond donors (Lipinski definition) is 1. The second-order valence-electron chi connectivity index (χ2n) is 2.72. The molecule has 0 bridgehead atoms. The summed E-state index contributed by atoms with van der Waals surface area (Å²) in [4.78, 5) is 6.97. The number of nitrogens with one attached hydrogen (secondary N) is 1. The van der Waals surface area contributed by atoms with Crippen LogP contribution in [0.3, 0.4) is 0 Å². The molecule has 0 saturated heterocycles. The fourth-order valence-corrected chi connectivity index (χ4v) is 1.62. The summed E-state index contributed by atoms with van der Waals surface area (Å²) in [5.41, 5.74) is 1.36. The van der Waals surface area contributed by atoms with E-state index in [2.05, 4.69) is 9.98 Å². The molecule has 1 aromatic rings. The monoisotopic (exact) mass is 246 g/mol. The van der Waals surface area contributed by atoms with Crippen LogP contribution in [0.5, 0.6) is 0 Å². The van der Waals surface area contributed by atoms with Crippen LogP contribution in [0.2, 0.25) is 5.02 Å². The van der Waals surface area contributed by atoms with E-state index >= 15 is 0 Å². The van der Waals surface area contributed by atoms with Crippen LogP contribution in [0.1, 0.15) is 5.69 Å². The van der Waals surface area contributed by atoms with Gasteiger partial charge in [-0.25, -0.2) is 0 Å². The Labute approximate surface area is 95.9 Å². The lowest BCUT2D eigenvalue weighted by molar-refractivity contribution is 1.35. The van der Waals surface area contributed by atoms with Crippen molar-refractivity contribution >= 4 is 46.0 Å². The van der Waals surface area contributed by atoms with Crippen LogP contribution in [0.25, 0.3) is 5.03 Å². The number of aromatic nitrogens is 1. The van der Waals surface area contributed by atoms with E-state index in [1.54, 1.807) is 24.6 Å². The molecule has 0 amide bonds. The van der Waals surface area contributed by atoms with E-state index in [1.165, 1.54) is 0 Å². The molecule has 0 atom stereocenters. The maximum absolute atomic E-state index is 6.06. The van der Waals surface area contributed by atoms with Crippen molar-refractivity contribution in [3.05, 3.63) is 39.8 Å². The molecule has 1 aliphatic rings. The summed E-state index contributed by atoms with van der Waals surface area (Å²) in [5.74, 6) is 0. The van der Waals surface area contributed by atoms with Gasteiger partial charge >= 0.3 is 0 Å². The van der Waals surface area contributed by atoms with Crippen LogP contribution in [-0.4, -0.2) is 11.2 Å². The molecular weight excluding hydrogens is 242 g/mol. The second kappa shape index (κ2) is 3.81. The van der Waals surface area contributed by atoms with E-state index in [9.17, 15) is 0 Å². The Kier molecular flexibility index (Phi) is 2.68. The first-order valence-corrected chi connectivity index (χ1v) is 4.95. The second-order valence-corrected chi connectivity index (χ2v) is 3.97. The molecule has 0 aliphatic carbocycles. The number of allylic oxidation sites excluding steroid dienone is 2. The van der Waals surface area contributed by atoms with Gasteiger partial charge in [0.25, 0.3) is 0 Å². The molecule has 0 fully saturated rings. The van der Waals surface area contributed by atoms with Gasteiger partial charge in [0.1, 0.15) is 0 Å². The highest BCUT2D eigenvalue weighted by molar-refractivity contribution is 6.50. The lowest BCUT2D eigenvalue weighted by Gasteiger charge is -1.95. The molecule has 0 spiro atoms. The minimum absolute atomic E-state index is 0.504. The van der Waals surface area contributed by atoms with Gasteiger partial charge in [0.2, 0.25) is 0 Å². The van der Waals surface area contributed by atoms with Crippen molar-refractivity contribution in [2.24, 2.45) is 4.99 Å². The molecule has 2 heterocycles. The first kappa shape index (κ1) is 9.84. The van der Waals surface area contributed by atoms with Crippen molar-refractivity contribution in [2.75, 3.05) is 0 Å². The van der Waals surface area contributed by atoms with Gasteiger partial charge < -0.3 is 4.98 Å². The molecule has 72 valence electrons. The van der Waals surface area contributed by atoms with Crippen LogP contribution in [0, 0.1) is 0 Å². The molecule has 2 rings (SSSR count). The van der Waals surface area contributed by atoms with Gasteiger partial charge in [-0.15, -0.1) is 0 Å². The lowest BCUT2D eigenvalue weighted by Crippen LogP contribution is -1.79. The maximum atomic E-state index is 6.06. The summed E-state index contributed by atoms with van der Waals surface area (Å²) >= 11 is 17.5. The number of halogens is 3. The number of aliphatic imine (C=N–C) groups is 1. The van der Waals surface area contributed by atoms with Gasteiger partial charge in [-0.3, -0.25) is 4.99 Å². The molecule has 1 aromatic heterocycles. The Morgan fingerprint density at radius 3 is 2.64 bits per heavy atom. The molecule has 1 aliphatic heterocycles. The molecule has 0 aromatic carbocycles. The summed E-state index contributed by atoms with van der Waals surface area (Å²) in [6.45, 7) is 0. The van der Waals surface area contributed by atoms with E-state index in [0.717, 1.165) is 5.69 Å². The number of rotatable bonds is 1. The standard InChI is InChI=1S/C9H5Cl3N2/c10-5-1-7(13-3-5)9(12)8-2-6(11)4-14-8/h1-4,13H/b9-8+. The normalized spacial score (nSPS) is 18.6. The smallest absolute Gasteiger partial charge is 0.0898 e. The van der Waals surface area contributed by atoms with Crippen LogP contribution >= 0.6 is 34.8 Å². The molecule has 0 radical (unpaired) electrons. The van der Waals surface area contributed by atoms with Crippen LogP contribution < -0.4 is 0 Å². The minimum Gasteiger partial charge on any atom is -0.359 e. The predicted molar refractivity (Wildman–Crippen MR) is 61.0 cm³/mol. The molecule has 1 N–H and O–H groups in total. The highest BCUT2D eigenvalue weighted by Crippen LogP contribution is 2.28. The third kappa shape index (κ3) is 1.87. The summed E-state index contributed by atoms with van der Waals surface area (Å²) in [6, 6.07) is 1.73. The summed E-state index contributed by atoms with van der Waals surface area (Å²) < 4.78 is 0. The lowest BCUT2D eigenvalue weighted by atomic mass is 10.3. The third-order valence-corrected chi connectivity index (χ3v) is 2.53. The van der Waals surface area contributed by atoms with E-state index in [-0.39, 0.29) is 0 Å². The quantitative estimate of drug-likeness (QED) is 0.782. The van der Waals surface area contributed by atoms with Crippen molar-refractivity contribution < 1.29 is 0 Å². The Hall–Kier alpha value is -0.700. The predicted octanol–water partition coefficient (Wildman–Crippen LogP) is 3.78. The maximum Gasteiger partial charge on any atom is 0.0898 e. The van der Waals surface area contributed by atoms with Crippen LogP contribution in [0.15, 0.2) is 34.1 Å². The van der Waals surface area contributed by atoms with E-state index in [4.69, 9.17) is 34.8 Å². The van der Waals surface area contributed by atoms with Crippen molar-refractivity contribution in [3.63, 3.8) is 0 Å². The Morgan fingerprint density at radius 1 is 1.36 bits per heavy atom. The van der Waals surface area contributed by atoms with E-state index in [0.29, 0.717) is 20.8 Å². The number of H-pyrrole nitrogens is 1. The van der Waals surface area contributed by atoms with Gasteiger partial charge in [-0.2, -0.15) is 0 Å². The zero-order valence-electron chi connectivity index (χ0n) is 6.89. The van der Waals surface area contributed by atoms with Crippen LogP contribution in [-0.2, 0) is 0 Å². The Balaban J connectivity index is 2.41. The van der Waals surface area contributed by atoms with Crippen LogP contribution in [0.4, 0.5) is 0 Å². The molecule has 5 heteroatoms. The van der Waals surface area contributed by atoms with Gasteiger partial charge in [0.05, 0.1) is 26.5 Å². The number of nitrogens with zero attached hydrogens (tertiary/aromatic N) is 1. The molecule has 0 unspecified atom stereocenters. The summed E-state index contributed by atoms with van der Waals surface area (Å²) in [6.07, 6.45) is 4.90. The van der Waals surface area contributed by atoms with Crippen molar-refractivity contribution in [2.45, 2.75) is 0 Å². The average molecular weight is 248 g/mol. The first-order chi connectivity index (χ1) is 6.66. The minimum atomic E-state index is 0.504. The SMILES string of the molecule is ClC1=C/C(=C(\Cl)c2cc(Cl)c[nH]2)N=C1. The third-order valence-electron chi connectivity index (χ3n) is 1.71. The molecular formula is C9H5Cl3N2. The fourth-order valence-electron chi connectivity index (χ4n) is 1.09. The average Bonchev–Trinajstić information content (AvgIpc) is 2.73. The highest BCUT2D eigenvalue weighted by Gasteiger charge is 2.10. The number of aromatic amines is 1. The van der Waals surface area contributed by atoms with Crippen molar-refractivity contribution in [1.29, 1.82) is 0 Å². The summed E-state index contributed by atoms with van der Waals surface area (Å²) in [7, 11) is 0. The molecule has 2 nitrogen and oxygen atoms in total. The molecule has 14 heavy (non-hydrogen) atoms. The zero-order chi connectivity index (χ0) is 10.1. The van der Waals surface area contributed by atoms with Crippen molar-refractivity contribution in [3.8, 4) is 0 Å².